The molecule has 3 N–H and O–H groups in total. The first-order valence-electron chi connectivity index (χ1n) is 6.03. The predicted octanol–water partition coefficient (Wildman–Crippen LogP) is 1.49. The van der Waals surface area contributed by atoms with Crippen LogP contribution in [0.5, 0.6) is 0 Å². The van der Waals surface area contributed by atoms with Gasteiger partial charge in [0.1, 0.15) is 6.07 Å². The van der Waals surface area contributed by atoms with Crippen LogP contribution in [0.1, 0.15) is 21.6 Å². The maximum Gasteiger partial charge on any atom is 0.357 e. The van der Waals surface area contributed by atoms with Crippen molar-refractivity contribution in [2.75, 3.05) is 12.8 Å². The van der Waals surface area contributed by atoms with Crippen molar-refractivity contribution in [1.82, 2.24) is 4.57 Å². The number of carbonyl (C=O) groups is 1. The van der Waals surface area contributed by atoms with Crippen LogP contribution < -0.4 is 5.73 Å². The molecule has 1 aromatic carbocycles. The number of rotatable bonds is 3. The molecular weight excluding hydrogens is 296 g/mol. The van der Waals surface area contributed by atoms with Crippen molar-refractivity contribution in [3.63, 3.8) is 0 Å². The van der Waals surface area contributed by atoms with Crippen LogP contribution >= 0.6 is 0 Å². The molecule has 6 nitrogen and oxygen atoms in total. The predicted molar refractivity (Wildman–Crippen MR) is 72.1 cm³/mol. The number of nitriles is 1. The van der Waals surface area contributed by atoms with Crippen molar-refractivity contribution in [2.24, 2.45) is 0 Å². The highest BCUT2D eigenvalue weighted by molar-refractivity contribution is 5.96. The molecule has 8 heteroatoms. The SMILES string of the molecule is COC(=O)c1c(N)c(C#N)cn1-c1c(CO)ccc(F)c1F. The van der Waals surface area contributed by atoms with Crippen LogP contribution in [0.3, 0.4) is 0 Å². The Morgan fingerprint density at radius 3 is 2.73 bits per heavy atom. The van der Waals surface area contributed by atoms with Crippen LogP contribution in [0.25, 0.3) is 5.69 Å². The van der Waals surface area contributed by atoms with Gasteiger partial charge in [-0.25, -0.2) is 13.6 Å². The molecule has 0 amide bonds. The number of methoxy groups -OCH3 is 1. The lowest BCUT2D eigenvalue weighted by atomic mass is 10.1. The van der Waals surface area contributed by atoms with E-state index in [1.165, 1.54) is 0 Å². The summed E-state index contributed by atoms with van der Waals surface area (Å²) in [6, 6.07) is 3.76. The fourth-order valence-electron chi connectivity index (χ4n) is 2.06. The first-order valence-corrected chi connectivity index (χ1v) is 6.03. The number of aromatic nitrogens is 1. The summed E-state index contributed by atoms with van der Waals surface area (Å²) in [6.07, 6.45) is 1.08. The lowest BCUT2D eigenvalue weighted by molar-refractivity contribution is 0.0592. The third kappa shape index (κ3) is 2.27. The molecule has 0 unspecified atom stereocenters. The minimum Gasteiger partial charge on any atom is -0.464 e. The van der Waals surface area contributed by atoms with E-state index in [9.17, 15) is 18.7 Å². The van der Waals surface area contributed by atoms with Crippen molar-refractivity contribution in [3.05, 3.63) is 46.8 Å². The zero-order valence-corrected chi connectivity index (χ0v) is 11.4. The van der Waals surface area contributed by atoms with Crippen LogP contribution in [-0.2, 0) is 11.3 Å². The number of ether oxygens (including phenoxy) is 1. The average Bonchev–Trinajstić information content (AvgIpc) is 2.85. The van der Waals surface area contributed by atoms with Gasteiger partial charge < -0.3 is 20.1 Å². The standard InChI is InChI=1S/C14H11F2N3O3/c1-22-14(21)13-11(18)8(4-17)5-19(13)12-7(6-20)2-3-9(15)10(12)16/h2-3,5,20H,6,18H2,1H3. The average molecular weight is 307 g/mol. The number of aliphatic hydroxyl groups excluding tert-OH is 1. The van der Waals surface area contributed by atoms with E-state index in [2.05, 4.69) is 4.74 Å². The van der Waals surface area contributed by atoms with Gasteiger partial charge >= 0.3 is 5.97 Å². The molecule has 114 valence electrons. The molecule has 0 saturated heterocycles. The van der Waals surface area contributed by atoms with Crippen LogP contribution in [0, 0.1) is 23.0 Å². The van der Waals surface area contributed by atoms with Gasteiger partial charge in [0.15, 0.2) is 17.3 Å². The second-order valence-electron chi connectivity index (χ2n) is 4.31. The summed E-state index contributed by atoms with van der Waals surface area (Å²) < 4.78 is 33.1. The minimum absolute atomic E-state index is 0.0172. The molecule has 1 aromatic heterocycles. The highest BCUT2D eigenvalue weighted by atomic mass is 19.2. The normalized spacial score (nSPS) is 10.3. The highest BCUT2D eigenvalue weighted by Gasteiger charge is 2.25. The molecule has 2 aromatic rings. The Morgan fingerprint density at radius 2 is 2.18 bits per heavy atom. The topological polar surface area (TPSA) is 101 Å². The molecule has 0 radical (unpaired) electrons. The quantitative estimate of drug-likeness (QED) is 0.837. The zero-order valence-electron chi connectivity index (χ0n) is 11.4. The Bertz CT molecular complexity index is 794. The van der Waals surface area contributed by atoms with E-state index < -0.39 is 29.9 Å². The number of benzene rings is 1. The highest BCUT2D eigenvalue weighted by Crippen LogP contribution is 2.29. The Labute approximate surface area is 124 Å². The van der Waals surface area contributed by atoms with Crippen LogP contribution in [0.4, 0.5) is 14.5 Å². The molecule has 2 rings (SSSR count). The van der Waals surface area contributed by atoms with Crippen molar-refractivity contribution in [2.45, 2.75) is 6.61 Å². The first-order chi connectivity index (χ1) is 10.5. The van der Waals surface area contributed by atoms with Crippen molar-refractivity contribution < 1.29 is 23.4 Å². The smallest absolute Gasteiger partial charge is 0.357 e. The largest absolute Gasteiger partial charge is 0.464 e. The van der Waals surface area contributed by atoms with Gasteiger partial charge in [-0.1, -0.05) is 6.07 Å². The molecule has 0 aliphatic carbocycles. The number of esters is 1. The number of nitrogens with zero attached hydrogens (tertiary/aromatic N) is 2. The van der Waals surface area contributed by atoms with Crippen molar-refractivity contribution in [3.8, 4) is 11.8 Å². The van der Waals surface area contributed by atoms with Gasteiger partial charge in [0.25, 0.3) is 0 Å². The molecule has 0 fully saturated rings. The van der Waals surface area contributed by atoms with Gasteiger partial charge in [-0.2, -0.15) is 5.26 Å². The number of nitrogen functional groups attached to an aromatic ring is 1. The van der Waals surface area contributed by atoms with Gasteiger partial charge in [0.2, 0.25) is 0 Å². The van der Waals surface area contributed by atoms with Gasteiger partial charge in [-0.05, 0) is 6.07 Å². The number of hydrogen-bond donors (Lipinski definition) is 2. The minimum atomic E-state index is -1.28. The number of hydrogen-bond acceptors (Lipinski definition) is 5. The summed E-state index contributed by atoms with van der Waals surface area (Å²) in [4.78, 5) is 11.8. The second-order valence-corrected chi connectivity index (χ2v) is 4.31. The van der Waals surface area contributed by atoms with Crippen LogP contribution in [0.2, 0.25) is 0 Å². The number of aliphatic hydroxyl groups is 1. The monoisotopic (exact) mass is 307 g/mol. The van der Waals surface area contributed by atoms with Crippen LogP contribution in [-0.4, -0.2) is 22.8 Å². The van der Waals surface area contributed by atoms with E-state index >= 15 is 0 Å². The number of halogens is 2. The van der Waals surface area contributed by atoms with E-state index in [0.29, 0.717) is 0 Å². The van der Waals surface area contributed by atoms with Gasteiger partial charge in [-0.3, -0.25) is 0 Å². The molecule has 22 heavy (non-hydrogen) atoms. The fourth-order valence-corrected chi connectivity index (χ4v) is 2.06. The molecule has 0 spiro atoms. The maximum atomic E-state index is 14.1. The molecule has 1 heterocycles. The van der Waals surface area contributed by atoms with Crippen molar-refractivity contribution in [1.29, 1.82) is 5.26 Å². The lowest BCUT2D eigenvalue weighted by Gasteiger charge is -2.13. The molecule has 0 bridgehead atoms. The van der Waals surface area contributed by atoms with E-state index in [-0.39, 0.29) is 22.5 Å². The molecule has 0 aliphatic heterocycles. The Hall–Kier alpha value is -2.92. The summed E-state index contributed by atoms with van der Waals surface area (Å²) in [5.41, 5.74) is 4.65. The van der Waals surface area contributed by atoms with Crippen LogP contribution in [0.15, 0.2) is 18.3 Å². The zero-order chi connectivity index (χ0) is 16.4. The summed E-state index contributed by atoms with van der Waals surface area (Å²) in [5, 5.41) is 18.3. The first kappa shape index (κ1) is 15.5. The second kappa shape index (κ2) is 5.83. The molecular formula is C14H11F2N3O3. The summed E-state index contributed by atoms with van der Waals surface area (Å²) in [7, 11) is 1.08. The molecule has 0 saturated carbocycles. The van der Waals surface area contributed by atoms with Gasteiger partial charge in [0, 0.05) is 11.8 Å². The number of nitrogens with two attached hydrogens (primary N) is 1. The third-order valence-corrected chi connectivity index (χ3v) is 3.11. The van der Waals surface area contributed by atoms with E-state index in [1.807, 2.05) is 0 Å². The summed E-state index contributed by atoms with van der Waals surface area (Å²) >= 11 is 0. The number of carbonyl (C=O) groups excluding carboxylic acids is 1. The fraction of sp³-hybridized carbons (Fsp3) is 0.143. The lowest BCUT2D eigenvalue weighted by Crippen LogP contribution is -2.14. The third-order valence-electron chi connectivity index (χ3n) is 3.11. The van der Waals surface area contributed by atoms with E-state index in [1.54, 1.807) is 6.07 Å². The Morgan fingerprint density at radius 1 is 1.50 bits per heavy atom. The summed E-state index contributed by atoms with van der Waals surface area (Å²) in [6.45, 7) is -0.604. The Balaban J connectivity index is 2.87. The van der Waals surface area contributed by atoms with E-state index in [0.717, 1.165) is 30.0 Å². The molecule has 0 atom stereocenters. The maximum absolute atomic E-state index is 14.1. The Kier molecular flexibility index (Phi) is 4.10. The summed E-state index contributed by atoms with van der Waals surface area (Å²) in [5.74, 6) is -3.38. The van der Waals surface area contributed by atoms with E-state index in [4.69, 9.17) is 11.0 Å². The van der Waals surface area contributed by atoms with Gasteiger partial charge in [0.05, 0.1) is 30.7 Å². The molecule has 0 aliphatic rings. The van der Waals surface area contributed by atoms with Crippen molar-refractivity contribution >= 4 is 11.7 Å². The van der Waals surface area contributed by atoms with Gasteiger partial charge in [-0.15, -0.1) is 0 Å². The number of anilines is 1.